The van der Waals surface area contributed by atoms with Crippen LogP contribution in [0.2, 0.25) is 0 Å². The van der Waals surface area contributed by atoms with Crippen molar-refractivity contribution in [3.8, 4) is 5.75 Å². The first kappa shape index (κ1) is 26.2. The lowest BCUT2D eigenvalue weighted by Crippen LogP contribution is -2.60. The van der Waals surface area contributed by atoms with Crippen molar-refractivity contribution in [1.82, 2.24) is 15.1 Å². The summed E-state index contributed by atoms with van der Waals surface area (Å²) in [5, 5.41) is 2.98. The van der Waals surface area contributed by atoms with Crippen molar-refractivity contribution in [1.29, 1.82) is 0 Å². The van der Waals surface area contributed by atoms with Gasteiger partial charge in [0.1, 0.15) is 17.5 Å². The second-order valence-electron chi connectivity index (χ2n) is 10.2. The summed E-state index contributed by atoms with van der Waals surface area (Å²) >= 11 is 0. The Morgan fingerprint density at radius 3 is 2.45 bits per heavy atom. The molecule has 3 aliphatic heterocycles. The molecule has 0 aliphatic carbocycles. The largest absolute Gasteiger partial charge is 0.497 e. The Morgan fingerprint density at radius 1 is 1.05 bits per heavy atom. The molecule has 1 spiro atoms. The molecular weight excluding hydrogens is 486 g/mol. The van der Waals surface area contributed by atoms with Crippen molar-refractivity contribution in [3.63, 3.8) is 0 Å². The third-order valence-corrected chi connectivity index (χ3v) is 7.85. The van der Waals surface area contributed by atoms with Crippen molar-refractivity contribution in [3.05, 3.63) is 65.2 Å². The van der Waals surface area contributed by atoms with Crippen LogP contribution in [0.4, 0.5) is 0 Å². The lowest BCUT2D eigenvalue weighted by molar-refractivity contribution is -0.128. The van der Waals surface area contributed by atoms with Crippen LogP contribution in [0.5, 0.6) is 5.75 Å². The van der Waals surface area contributed by atoms with Crippen LogP contribution in [0, 0.1) is 6.92 Å². The van der Waals surface area contributed by atoms with Gasteiger partial charge >= 0.3 is 0 Å². The van der Waals surface area contributed by atoms with Crippen LogP contribution in [0.1, 0.15) is 52.0 Å². The third kappa shape index (κ3) is 5.13. The summed E-state index contributed by atoms with van der Waals surface area (Å²) in [6.45, 7) is 3.94. The SMILES string of the molecule is COc1ccc(C(=O)N2CCC3(CC2)OCC(C(=O)NCC2CCCO2)N3C(=O)c2ccccc2C)cc1. The maximum absolute atomic E-state index is 14.0. The number of hydrogen-bond acceptors (Lipinski definition) is 6. The Kier molecular flexibility index (Phi) is 7.67. The van der Waals surface area contributed by atoms with Gasteiger partial charge in [-0.25, -0.2) is 0 Å². The van der Waals surface area contributed by atoms with E-state index in [0.717, 1.165) is 18.4 Å². The molecule has 1 N–H and O–H groups in total. The molecule has 3 saturated heterocycles. The van der Waals surface area contributed by atoms with Crippen molar-refractivity contribution < 1.29 is 28.6 Å². The molecule has 0 saturated carbocycles. The van der Waals surface area contributed by atoms with Crippen LogP contribution in [-0.2, 0) is 14.3 Å². The fourth-order valence-corrected chi connectivity index (χ4v) is 5.62. The first-order chi connectivity index (χ1) is 18.4. The number of benzene rings is 2. The number of rotatable bonds is 6. The summed E-state index contributed by atoms with van der Waals surface area (Å²) in [4.78, 5) is 43.9. The average Bonchev–Trinajstić information content (AvgIpc) is 3.60. The molecule has 0 radical (unpaired) electrons. The maximum Gasteiger partial charge on any atom is 0.257 e. The van der Waals surface area contributed by atoms with Gasteiger partial charge in [0.05, 0.1) is 19.8 Å². The Labute approximate surface area is 223 Å². The molecule has 3 aliphatic rings. The highest BCUT2D eigenvalue weighted by Crippen LogP contribution is 2.39. The molecule has 2 aromatic carbocycles. The highest BCUT2D eigenvalue weighted by molar-refractivity contribution is 5.99. The highest BCUT2D eigenvalue weighted by atomic mass is 16.5. The van der Waals surface area contributed by atoms with Crippen molar-refractivity contribution in [2.75, 3.05) is 40.0 Å². The molecule has 3 amide bonds. The normalized spacial score (nSPS) is 22.5. The number of aryl methyl sites for hydroxylation is 1. The fourth-order valence-electron chi connectivity index (χ4n) is 5.62. The zero-order valence-electron chi connectivity index (χ0n) is 22.0. The molecule has 3 heterocycles. The topological polar surface area (TPSA) is 97.4 Å². The zero-order valence-corrected chi connectivity index (χ0v) is 22.0. The highest BCUT2D eigenvalue weighted by Gasteiger charge is 2.54. The Bertz CT molecular complexity index is 1170. The summed E-state index contributed by atoms with van der Waals surface area (Å²) in [5.74, 6) is 0.139. The Hall–Kier alpha value is -3.43. The summed E-state index contributed by atoms with van der Waals surface area (Å²) in [6, 6.07) is 13.7. The summed E-state index contributed by atoms with van der Waals surface area (Å²) in [7, 11) is 1.59. The number of hydrogen-bond donors (Lipinski definition) is 1. The van der Waals surface area contributed by atoms with E-state index in [-0.39, 0.29) is 30.4 Å². The van der Waals surface area contributed by atoms with E-state index in [9.17, 15) is 14.4 Å². The van der Waals surface area contributed by atoms with E-state index >= 15 is 0 Å². The number of likely N-dealkylation sites (tertiary alicyclic amines) is 1. The minimum atomic E-state index is -0.956. The molecular formula is C29H35N3O6. The van der Waals surface area contributed by atoms with Gasteiger partial charge in [0.2, 0.25) is 5.91 Å². The predicted octanol–water partition coefficient (Wildman–Crippen LogP) is 2.77. The number of carbonyl (C=O) groups excluding carboxylic acids is 3. The van der Waals surface area contributed by atoms with E-state index in [2.05, 4.69) is 5.32 Å². The van der Waals surface area contributed by atoms with Crippen LogP contribution in [0.15, 0.2) is 48.5 Å². The second kappa shape index (κ2) is 11.1. The molecule has 202 valence electrons. The van der Waals surface area contributed by atoms with E-state index in [0.29, 0.717) is 56.0 Å². The van der Waals surface area contributed by atoms with Crippen molar-refractivity contribution in [2.45, 2.75) is 50.5 Å². The summed E-state index contributed by atoms with van der Waals surface area (Å²) in [6.07, 6.45) is 2.74. The van der Waals surface area contributed by atoms with E-state index in [1.165, 1.54) is 0 Å². The van der Waals surface area contributed by atoms with Crippen LogP contribution in [0.25, 0.3) is 0 Å². The van der Waals surface area contributed by atoms with Gasteiger partial charge in [0.25, 0.3) is 11.8 Å². The van der Waals surface area contributed by atoms with Crippen LogP contribution >= 0.6 is 0 Å². The lowest BCUT2D eigenvalue weighted by Gasteiger charge is -2.44. The fraction of sp³-hybridized carbons (Fsp3) is 0.483. The number of piperidine rings is 1. The van der Waals surface area contributed by atoms with E-state index < -0.39 is 11.8 Å². The smallest absolute Gasteiger partial charge is 0.257 e. The van der Waals surface area contributed by atoms with E-state index in [1.807, 2.05) is 25.1 Å². The molecule has 2 atom stereocenters. The molecule has 5 rings (SSSR count). The van der Waals surface area contributed by atoms with Gasteiger partial charge in [-0.05, 0) is 55.7 Å². The van der Waals surface area contributed by atoms with Gasteiger partial charge in [0, 0.05) is 50.2 Å². The van der Waals surface area contributed by atoms with Crippen LogP contribution in [0.3, 0.4) is 0 Å². The van der Waals surface area contributed by atoms with Gasteiger partial charge in [-0.15, -0.1) is 0 Å². The van der Waals surface area contributed by atoms with Gasteiger partial charge < -0.3 is 24.4 Å². The number of amides is 3. The first-order valence-corrected chi connectivity index (χ1v) is 13.3. The van der Waals surface area contributed by atoms with Gasteiger partial charge in [0.15, 0.2) is 0 Å². The standard InChI is InChI=1S/C29H35N3O6/c1-20-6-3-4-8-24(20)28(35)32-25(26(33)30-18-23-7-5-17-37-23)19-38-29(32)13-15-31(16-14-29)27(34)21-9-11-22(36-2)12-10-21/h3-4,6,8-12,23,25H,5,7,13-19H2,1-2H3,(H,30,33). The minimum absolute atomic E-state index is 0.00274. The lowest BCUT2D eigenvalue weighted by atomic mass is 9.95. The average molecular weight is 522 g/mol. The molecule has 0 bridgehead atoms. The van der Waals surface area contributed by atoms with Gasteiger partial charge in [-0.2, -0.15) is 0 Å². The predicted molar refractivity (Wildman–Crippen MR) is 140 cm³/mol. The van der Waals surface area contributed by atoms with Crippen LogP contribution in [-0.4, -0.2) is 85.3 Å². The zero-order chi connectivity index (χ0) is 26.7. The monoisotopic (exact) mass is 521 g/mol. The summed E-state index contributed by atoms with van der Waals surface area (Å²) in [5.41, 5.74) is 1.01. The van der Waals surface area contributed by atoms with E-state index in [4.69, 9.17) is 14.2 Å². The van der Waals surface area contributed by atoms with Gasteiger partial charge in [-0.3, -0.25) is 19.3 Å². The van der Waals surface area contributed by atoms with Crippen molar-refractivity contribution in [2.24, 2.45) is 0 Å². The Morgan fingerprint density at radius 2 is 1.79 bits per heavy atom. The molecule has 2 aromatic rings. The quantitative estimate of drug-likeness (QED) is 0.628. The summed E-state index contributed by atoms with van der Waals surface area (Å²) < 4.78 is 17.1. The number of ether oxygens (including phenoxy) is 3. The number of nitrogens with zero attached hydrogens (tertiary/aromatic N) is 2. The van der Waals surface area contributed by atoms with Crippen LogP contribution < -0.4 is 10.1 Å². The third-order valence-electron chi connectivity index (χ3n) is 7.85. The minimum Gasteiger partial charge on any atom is -0.497 e. The number of methoxy groups -OCH3 is 1. The second-order valence-corrected chi connectivity index (χ2v) is 10.2. The molecule has 2 unspecified atom stereocenters. The molecule has 9 heteroatoms. The van der Waals surface area contributed by atoms with E-state index in [1.54, 1.807) is 47.2 Å². The molecule has 0 aromatic heterocycles. The van der Waals surface area contributed by atoms with Gasteiger partial charge in [-0.1, -0.05) is 18.2 Å². The molecule has 9 nitrogen and oxygen atoms in total. The molecule has 38 heavy (non-hydrogen) atoms. The molecule has 3 fully saturated rings. The number of carbonyl (C=O) groups is 3. The number of nitrogens with one attached hydrogen (secondary N) is 1. The Balaban J connectivity index is 1.34. The maximum atomic E-state index is 14.0. The van der Waals surface area contributed by atoms with Crippen molar-refractivity contribution >= 4 is 17.7 Å². The first-order valence-electron chi connectivity index (χ1n) is 13.3.